The summed E-state index contributed by atoms with van der Waals surface area (Å²) in [6.45, 7) is 2.63. The molecule has 0 aliphatic heterocycles. The second-order valence-corrected chi connectivity index (χ2v) is 9.76. The van der Waals surface area contributed by atoms with Crippen LogP contribution in [0.4, 0.5) is 4.39 Å². The van der Waals surface area contributed by atoms with E-state index in [4.69, 9.17) is 4.74 Å². The van der Waals surface area contributed by atoms with E-state index in [1.807, 2.05) is 0 Å². The van der Waals surface area contributed by atoms with Crippen molar-refractivity contribution in [1.82, 2.24) is 9.21 Å². The molecule has 2 rings (SSSR count). The maximum Gasteiger partial charge on any atom is 0.234 e. The van der Waals surface area contributed by atoms with Gasteiger partial charge in [-0.15, -0.1) is 11.8 Å². The van der Waals surface area contributed by atoms with Gasteiger partial charge in [-0.1, -0.05) is 6.07 Å². The van der Waals surface area contributed by atoms with Crippen LogP contribution in [0, 0.1) is 5.82 Å². The summed E-state index contributed by atoms with van der Waals surface area (Å²) in [6.07, 6.45) is 2.73. The van der Waals surface area contributed by atoms with E-state index in [1.165, 1.54) is 36.6 Å². The highest BCUT2D eigenvalue weighted by Gasteiger charge is 2.21. The first-order valence-corrected chi connectivity index (χ1v) is 12.3. The van der Waals surface area contributed by atoms with Crippen LogP contribution in [0.1, 0.15) is 25.0 Å². The van der Waals surface area contributed by atoms with Crippen molar-refractivity contribution in [1.29, 1.82) is 0 Å². The molecule has 0 aliphatic carbocycles. The Kier molecular flexibility index (Phi) is 8.08. The van der Waals surface area contributed by atoms with Gasteiger partial charge in [0.05, 0.1) is 12.8 Å². The van der Waals surface area contributed by atoms with Crippen LogP contribution in [-0.2, 0) is 32.7 Å². The zero-order valence-electron chi connectivity index (χ0n) is 18.0. The number of rotatable bonds is 8. The van der Waals surface area contributed by atoms with Gasteiger partial charge in [-0.25, -0.2) is 17.1 Å². The number of hydrogen-bond donors (Lipinski definition) is 0. The van der Waals surface area contributed by atoms with Crippen molar-refractivity contribution in [3.8, 4) is 11.5 Å². The van der Waals surface area contributed by atoms with Crippen LogP contribution in [0.15, 0.2) is 41.3 Å². The smallest absolute Gasteiger partial charge is 0.234 e. The van der Waals surface area contributed by atoms with E-state index in [2.05, 4.69) is 0 Å². The first-order valence-electron chi connectivity index (χ1n) is 9.25. The van der Waals surface area contributed by atoms with Crippen molar-refractivity contribution in [2.24, 2.45) is 0 Å². The van der Waals surface area contributed by atoms with Gasteiger partial charge in [0.15, 0.2) is 0 Å². The molecule has 2 aromatic carbocycles. The van der Waals surface area contributed by atoms with Crippen LogP contribution in [0.2, 0.25) is 0 Å². The molecule has 0 fully saturated rings. The molecule has 0 aliphatic rings. The molecule has 31 heavy (non-hydrogen) atoms. The van der Waals surface area contributed by atoms with Crippen LogP contribution < -0.4 is 4.74 Å². The fourth-order valence-corrected chi connectivity index (χ4v) is 4.10. The van der Waals surface area contributed by atoms with E-state index < -0.39 is 21.7 Å². The predicted octanol–water partition coefficient (Wildman–Crippen LogP) is 3.63. The van der Waals surface area contributed by atoms with Gasteiger partial charge in [-0.2, -0.15) is 0 Å². The molecule has 0 spiro atoms. The number of benzene rings is 2. The monoisotopic (exact) mass is 468 g/mol. The summed E-state index contributed by atoms with van der Waals surface area (Å²) < 4.78 is 44.6. The second kappa shape index (κ2) is 10.1. The number of thioether (sulfide) groups is 1. The molecule has 0 heterocycles. The number of ether oxygens (including phenoxy) is 1. The molecule has 168 valence electrons. The van der Waals surface area contributed by atoms with Crippen molar-refractivity contribution in [3.05, 3.63) is 53.3 Å². The molecular formula is C21H25FN2O5S2. The number of nitrogens with zero attached hydrogens (tertiary/aromatic N) is 2. The Morgan fingerprint density at radius 3 is 2.26 bits per heavy atom. The number of halogens is 1. The van der Waals surface area contributed by atoms with Crippen LogP contribution in [0.3, 0.4) is 0 Å². The third-order valence-corrected chi connectivity index (χ3v) is 6.46. The minimum atomic E-state index is -3.74. The van der Waals surface area contributed by atoms with E-state index in [0.29, 0.717) is 21.8 Å². The first-order chi connectivity index (χ1) is 14.4. The summed E-state index contributed by atoms with van der Waals surface area (Å²) in [5.74, 6) is -0.504. The zero-order chi connectivity index (χ0) is 23.3. The molecule has 7 nitrogen and oxygen atoms in total. The van der Waals surface area contributed by atoms with Gasteiger partial charge in [0, 0.05) is 44.0 Å². The lowest BCUT2D eigenvalue weighted by atomic mass is 10.1. The van der Waals surface area contributed by atoms with Crippen molar-refractivity contribution in [3.63, 3.8) is 0 Å². The van der Waals surface area contributed by atoms with Gasteiger partial charge in [0.2, 0.25) is 21.8 Å². The number of amides is 2. The Morgan fingerprint density at radius 2 is 1.74 bits per heavy atom. The normalized spacial score (nSPS) is 11.2. The summed E-state index contributed by atoms with van der Waals surface area (Å²) in [7, 11) is -2.12. The quantitative estimate of drug-likeness (QED) is 0.550. The van der Waals surface area contributed by atoms with Gasteiger partial charge in [-0.3, -0.25) is 9.59 Å². The Bertz CT molecular complexity index is 1090. The van der Waals surface area contributed by atoms with Crippen molar-refractivity contribution in [2.45, 2.75) is 31.8 Å². The standard InChI is InChI=1S/C21H25FN2O5S2/c1-14(25)23(3)13-17-10-16(12-24(15(2)26)31(5,27)28)6-8-20(17)29-18-7-9-21(30-4)19(22)11-18/h6-11H,12-13H2,1-5H3. The number of carbonyl (C=O) groups is 2. The van der Waals surface area contributed by atoms with E-state index in [9.17, 15) is 22.4 Å². The molecule has 2 aromatic rings. The minimum absolute atomic E-state index is 0.151. The molecule has 0 saturated heterocycles. The molecule has 0 saturated carbocycles. The average molecular weight is 469 g/mol. The van der Waals surface area contributed by atoms with E-state index >= 15 is 0 Å². The lowest BCUT2D eigenvalue weighted by molar-refractivity contribution is -0.128. The van der Waals surface area contributed by atoms with Gasteiger partial charge < -0.3 is 9.64 Å². The topological polar surface area (TPSA) is 84.0 Å². The maximum atomic E-state index is 14.1. The lowest BCUT2D eigenvalue weighted by Gasteiger charge is -2.21. The number of carbonyl (C=O) groups excluding carboxylic acids is 2. The third kappa shape index (κ3) is 6.70. The minimum Gasteiger partial charge on any atom is -0.457 e. The van der Waals surface area contributed by atoms with E-state index in [1.54, 1.807) is 43.6 Å². The summed E-state index contributed by atoms with van der Waals surface area (Å²) in [6, 6.07) is 9.44. The van der Waals surface area contributed by atoms with Crippen molar-refractivity contribution in [2.75, 3.05) is 19.6 Å². The summed E-state index contributed by atoms with van der Waals surface area (Å²) >= 11 is 1.28. The highest BCUT2D eigenvalue weighted by atomic mass is 32.2. The molecule has 0 N–H and O–H groups in total. The Labute approximate surface area is 186 Å². The van der Waals surface area contributed by atoms with Crippen LogP contribution >= 0.6 is 11.8 Å². The number of sulfonamides is 1. The Balaban J connectivity index is 2.42. The highest BCUT2D eigenvalue weighted by Crippen LogP contribution is 2.31. The number of hydrogen-bond acceptors (Lipinski definition) is 6. The van der Waals surface area contributed by atoms with Crippen LogP contribution in [0.5, 0.6) is 11.5 Å². The van der Waals surface area contributed by atoms with E-state index in [-0.39, 0.29) is 24.7 Å². The molecule has 10 heteroatoms. The Morgan fingerprint density at radius 1 is 1.06 bits per heavy atom. The summed E-state index contributed by atoms with van der Waals surface area (Å²) in [5, 5.41) is 0. The molecule has 0 radical (unpaired) electrons. The van der Waals surface area contributed by atoms with Crippen LogP contribution in [-0.4, -0.2) is 49.0 Å². The van der Waals surface area contributed by atoms with E-state index in [0.717, 1.165) is 10.6 Å². The molecule has 0 bridgehead atoms. The van der Waals surface area contributed by atoms with Crippen molar-refractivity contribution < 1.29 is 27.1 Å². The largest absolute Gasteiger partial charge is 0.457 e. The molecule has 0 aromatic heterocycles. The maximum absolute atomic E-state index is 14.1. The van der Waals surface area contributed by atoms with Gasteiger partial charge in [0.1, 0.15) is 17.3 Å². The second-order valence-electron chi connectivity index (χ2n) is 7.00. The Hall–Kier alpha value is -2.59. The fourth-order valence-electron chi connectivity index (χ4n) is 2.79. The molecule has 0 unspecified atom stereocenters. The van der Waals surface area contributed by atoms with Gasteiger partial charge in [0.25, 0.3) is 0 Å². The van der Waals surface area contributed by atoms with Gasteiger partial charge >= 0.3 is 0 Å². The zero-order valence-corrected chi connectivity index (χ0v) is 19.6. The SMILES string of the molecule is CSc1ccc(Oc2ccc(CN(C(C)=O)S(C)(=O)=O)cc2CN(C)C(C)=O)cc1F. The summed E-state index contributed by atoms with van der Waals surface area (Å²) in [5.41, 5.74) is 1.13. The molecule has 0 atom stereocenters. The summed E-state index contributed by atoms with van der Waals surface area (Å²) in [4.78, 5) is 25.4. The molecular weight excluding hydrogens is 443 g/mol. The third-order valence-electron chi connectivity index (χ3n) is 4.50. The van der Waals surface area contributed by atoms with Crippen LogP contribution in [0.25, 0.3) is 0 Å². The predicted molar refractivity (Wildman–Crippen MR) is 118 cm³/mol. The highest BCUT2D eigenvalue weighted by molar-refractivity contribution is 7.98. The fraction of sp³-hybridized carbons (Fsp3) is 0.333. The average Bonchev–Trinajstić information content (AvgIpc) is 2.66. The first kappa shape index (κ1) is 24.7. The van der Waals surface area contributed by atoms with Gasteiger partial charge in [-0.05, 0) is 36.1 Å². The lowest BCUT2D eigenvalue weighted by Crippen LogP contribution is -2.33. The van der Waals surface area contributed by atoms with Crippen molar-refractivity contribution >= 4 is 33.6 Å². The molecule has 2 amide bonds.